The highest BCUT2D eigenvalue weighted by atomic mass is 35.5. The van der Waals surface area contributed by atoms with Gasteiger partial charge >= 0.3 is 0 Å². The van der Waals surface area contributed by atoms with E-state index < -0.39 is 5.60 Å². The zero-order chi connectivity index (χ0) is 13.8. The van der Waals surface area contributed by atoms with Crippen LogP contribution in [0.25, 0.3) is 0 Å². The number of rotatable bonds is 5. The molecule has 1 amide bonds. The van der Waals surface area contributed by atoms with Crippen LogP contribution in [-0.2, 0) is 11.2 Å². The summed E-state index contributed by atoms with van der Waals surface area (Å²) in [5.41, 5.74) is 0.231. The first-order valence-corrected chi connectivity index (χ1v) is 6.36. The van der Waals surface area contributed by atoms with Crippen molar-refractivity contribution in [2.75, 3.05) is 13.6 Å². The van der Waals surface area contributed by atoms with Gasteiger partial charge in [0.25, 0.3) is 0 Å². The molecule has 3 nitrogen and oxygen atoms in total. The van der Waals surface area contributed by atoms with E-state index in [1.807, 2.05) is 24.3 Å². The molecule has 0 fully saturated rings. The van der Waals surface area contributed by atoms with Crippen molar-refractivity contribution < 1.29 is 9.90 Å². The molecule has 4 heteroatoms. The first-order chi connectivity index (χ1) is 8.28. The first kappa shape index (κ1) is 15.0. The second kappa shape index (κ2) is 6.21. The van der Waals surface area contributed by atoms with Gasteiger partial charge in [0.2, 0.25) is 5.91 Å². The maximum Gasteiger partial charge on any atom is 0.222 e. The molecule has 0 atom stereocenters. The van der Waals surface area contributed by atoms with E-state index in [2.05, 4.69) is 0 Å². The average Bonchev–Trinajstić information content (AvgIpc) is 2.25. The lowest BCUT2D eigenvalue weighted by molar-refractivity contribution is -0.132. The summed E-state index contributed by atoms with van der Waals surface area (Å²) >= 11 is 5.79. The van der Waals surface area contributed by atoms with Gasteiger partial charge in [-0.05, 0) is 38.0 Å². The second-order valence-corrected chi connectivity index (χ2v) is 5.63. The lowest BCUT2D eigenvalue weighted by Crippen LogP contribution is -2.39. The van der Waals surface area contributed by atoms with Crippen LogP contribution in [0.5, 0.6) is 0 Å². The Hall–Kier alpha value is -1.06. The Morgan fingerprint density at radius 1 is 1.33 bits per heavy atom. The summed E-state index contributed by atoms with van der Waals surface area (Å²) in [6, 6.07) is 7.49. The van der Waals surface area contributed by atoms with Crippen LogP contribution in [0.4, 0.5) is 0 Å². The van der Waals surface area contributed by atoms with Gasteiger partial charge < -0.3 is 10.0 Å². The molecular weight excluding hydrogens is 250 g/mol. The minimum Gasteiger partial charge on any atom is -0.389 e. The minimum absolute atomic E-state index is 0.0343. The van der Waals surface area contributed by atoms with E-state index in [-0.39, 0.29) is 5.91 Å². The van der Waals surface area contributed by atoms with Crippen LogP contribution in [0.2, 0.25) is 5.02 Å². The van der Waals surface area contributed by atoms with E-state index in [9.17, 15) is 9.90 Å². The number of amides is 1. The van der Waals surface area contributed by atoms with Crippen LogP contribution in [0.15, 0.2) is 24.3 Å². The highest BCUT2D eigenvalue weighted by Crippen LogP contribution is 2.12. The summed E-state index contributed by atoms with van der Waals surface area (Å²) in [4.78, 5) is 13.4. The smallest absolute Gasteiger partial charge is 0.222 e. The number of halogens is 1. The van der Waals surface area contributed by atoms with E-state index in [1.165, 1.54) is 0 Å². The third-order valence-electron chi connectivity index (χ3n) is 2.59. The lowest BCUT2D eigenvalue weighted by atomic mass is 10.1. The molecule has 1 aromatic carbocycles. The number of likely N-dealkylation sites (N-methyl/N-ethyl adjacent to an activating group) is 1. The summed E-state index contributed by atoms with van der Waals surface area (Å²) in [5.74, 6) is 0.0343. The van der Waals surface area contributed by atoms with Crippen molar-refractivity contribution in [2.45, 2.75) is 32.3 Å². The van der Waals surface area contributed by atoms with Crippen LogP contribution >= 0.6 is 11.6 Å². The fraction of sp³-hybridized carbons (Fsp3) is 0.500. The first-order valence-electron chi connectivity index (χ1n) is 5.99. The molecule has 0 saturated heterocycles. The monoisotopic (exact) mass is 269 g/mol. The molecule has 0 radical (unpaired) electrons. The molecule has 0 spiro atoms. The van der Waals surface area contributed by atoms with Crippen molar-refractivity contribution in [3.05, 3.63) is 34.9 Å². The van der Waals surface area contributed by atoms with Crippen molar-refractivity contribution in [1.29, 1.82) is 0 Å². The van der Waals surface area contributed by atoms with Gasteiger partial charge in [-0.2, -0.15) is 0 Å². The van der Waals surface area contributed by atoms with Crippen molar-refractivity contribution in [1.82, 2.24) is 4.90 Å². The number of benzene rings is 1. The van der Waals surface area contributed by atoms with E-state index in [1.54, 1.807) is 25.8 Å². The molecule has 18 heavy (non-hydrogen) atoms. The fourth-order valence-electron chi connectivity index (χ4n) is 1.76. The van der Waals surface area contributed by atoms with Gasteiger partial charge in [-0.1, -0.05) is 23.7 Å². The Bertz CT molecular complexity index is 395. The van der Waals surface area contributed by atoms with E-state index in [0.29, 0.717) is 24.4 Å². The van der Waals surface area contributed by atoms with Crippen LogP contribution in [0.3, 0.4) is 0 Å². The molecule has 1 N–H and O–H groups in total. The molecule has 0 heterocycles. The number of aliphatic hydroxyl groups is 1. The summed E-state index contributed by atoms with van der Waals surface area (Å²) < 4.78 is 0. The van der Waals surface area contributed by atoms with Crippen molar-refractivity contribution in [2.24, 2.45) is 0 Å². The van der Waals surface area contributed by atoms with Gasteiger partial charge in [0.05, 0.1) is 5.60 Å². The Kier molecular flexibility index (Phi) is 5.17. The van der Waals surface area contributed by atoms with Crippen LogP contribution in [-0.4, -0.2) is 35.1 Å². The summed E-state index contributed by atoms with van der Waals surface area (Å²) in [7, 11) is 1.71. The predicted molar refractivity (Wildman–Crippen MR) is 73.7 cm³/mol. The molecule has 0 aliphatic carbocycles. The minimum atomic E-state index is -0.856. The van der Waals surface area contributed by atoms with Gasteiger partial charge in [0, 0.05) is 25.0 Å². The predicted octanol–water partition coefficient (Wildman–Crippen LogP) is 2.50. The molecule has 1 aromatic rings. The summed E-state index contributed by atoms with van der Waals surface area (Å²) in [5, 5.41) is 10.3. The Labute approximate surface area is 113 Å². The van der Waals surface area contributed by atoms with Crippen molar-refractivity contribution in [3.63, 3.8) is 0 Å². The largest absolute Gasteiger partial charge is 0.389 e. The van der Waals surface area contributed by atoms with Crippen molar-refractivity contribution >= 4 is 17.5 Å². The van der Waals surface area contributed by atoms with Crippen LogP contribution in [0, 0.1) is 0 Å². The topological polar surface area (TPSA) is 40.5 Å². The van der Waals surface area contributed by atoms with Gasteiger partial charge in [0.15, 0.2) is 0 Å². The van der Waals surface area contributed by atoms with Gasteiger partial charge in [-0.3, -0.25) is 4.79 Å². The number of carbonyl (C=O) groups excluding carboxylic acids is 1. The second-order valence-electron chi connectivity index (χ2n) is 5.19. The SMILES string of the molecule is CN(CC(C)(C)O)C(=O)CCc1ccc(Cl)cc1. The number of hydrogen-bond acceptors (Lipinski definition) is 2. The van der Waals surface area contributed by atoms with Crippen LogP contribution in [0.1, 0.15) is 25.8 Å². The van der Waals surface area contributed by atoms with Gasteiger partial charge in [-0.25, -0.2) is 0 Å². The highest BCUT2D eigenvalue weighted by Gasteiger charge is 2.18. The molecule has 0 saturated carbocycles. The number of hydrogen-bond donors (Lipinski definition) is 1. The maximum absolute atomic E-state index is 11.8. The molecule has 0 aromatic heterocycles. The molecule has 0 bridgehead atoms. The maximum atomic E-state index is 11.8. The Balaban J connectivity index is 2.43. The zero-order valence-electron chi connectivity index (χ0n) is 11.1. The average molecular weight is 270 g/mol. The van der Waals surface area contributed by atoms with E-state index >= 15 is 0 Å². The summed E-state index contributed by atoms with van der Waals surface area (Å²) in [6.45, 7) is 3.72. The fourth-order valence-corrected chi connectivity index (χ4v) is 1.89. The number of aryl methyl sites for hydroxylation is 1. The van der Waals surface area contributed by atoms with Gasteiger partial charge in [0.1, 0.15) is 0 Å². The molecule has 0 aliphatic heterocycles. The van der Waals surface area contributed by atoms with Crippen molar-refractivity contribution in [3.8, 4) is 0 Å². The molecular formula is C14H20ClNO2. The third kappa shape index (κ3) is 5.52. The standard InChI is InChI=1S/C14H20ClNO2/c1-14(2,18)10-16(3)13(17)9-6-11-4-7-12(15)8-5-11/h4-5,7-8,18H,6,9-10H2,1-3H3. The molecule has 1 rings (SSSR count). The number of nitrogens with zero attached hydrogens (tertiary/aromatic N) is 1. The van der Waals surface area contributed by atoms with E-state index in [0.717, 1.165) is 5.56 Å². The lowest BCUT2D eigenvalue weighted by Gasteiger charge is -2.25. The summed E-state index contributed by atoms with van der Waals surface area (Å²) in [6.07, 6.45) is 1.13. The number of carbonyl (C=O) groups is 1. The third-order valence-corrected chi connectivity index (χ3v) is 2.84. The van der Waals surface area contributed by atoms with Crippen LogP contribution < -0.4 is 0 Å². The Morgan fingerprint density at radius 2 is 1.89 bits per heavy atom. The highest BCUT2D eigenvalue weighted by molar-refractivity contribution is 6.30. The normalized spacial score (nSPS) is 11.4. The zero-order valence-corrected chi connectivity index (χ0v) is 11.9. The Morgan fingerprint density at radius 3 is 2.39 bits per heavy atom. The van der Waals surface area contributed by atoms with E-state index in [4.69, 9.17) is 11.6 Å². The van der Waals surface area contributed by atoms with Gasteiger partial charge in [-0.15, -0.1) is 0 Å². The molecule has 100 valence electrons. The quantitative estimate of drug-likeness (QED) is 0.892. The molecule has 0 unspecified atom stereocenters. The molecule has 0 aliphatic rings.